The van der Waals surface area contributed by atoms with Crippen LogP contribution in [0.5, 0.6) is 0 Å². The first-order valence-corrected chi connectivity index (χ1v) is 5.75. The summed E-state index contributed by atoms with van der Waals surface area (Å²) in [5.74, 6) is -2.83. The topological polar surface area (TPSA) is 17.1 Å². The molecule has 2 aliphatic rings. The van der Waals surface area contributed by atoms with Gasteiger partial charge in [-0.15, -0.1) is 0 Å². The SMILES string of the molecule is O=C(c1c(F)cc(F)cc1F)C1CC2CC2C1. The second-order valence-electron chi connectivity index (χ2n) is 5.03. The molecule has 0 aromatic heterocycles. The summed E-state index contributed by atoms with van der Waals surface area (Å²) in [6.07, 6.45) is 2.58. The predicted molar refractivity (Wildman–Crippen MR) is 55.0 cm³/mol. The lowest BCUT2D eigenvalue weighted by Gasteiger charge is -2.11. The molecule has 17 heavy (non-hydrogen) atoms. The highest BCUT2D eigenvalue weighted by molar-refractivity contribution is 5.98. The molecule has 2 aliphatic carbocycles. The molecule has 0 heterocycles. The van der Waals surface area contributed by atoms with Crippen LogP contribution in [0.2, 0.25) is 0 Å². The van der Waals surface area contributed by atoms with Crippen molar-refractivity contribution >= 4 is 5.78 Å². The Kier molecular flexibility index (Phi) is 2.28. The van der Waals surface area contributed by atoms with Gasteiger partial charge in [-0.3, -0.25) is 4.79 Å². The molecule has 2 unspecified atom stereocenters. The number of rotatable bonds is 2. The normalized spacial score (nSPS) is 30.2. The lowest BCUT2D eigenvalue weighted by Crippen LogP contribution is -2.16. The molecule has 2 saturated carbocycles. The first kappa shape index (κ1) is 10.8. The smallest absolute Gasteiger partial charge is 0.171 e. The Bertz CT molecular complexity index is 464. The number of fused-ring (bicyclic) bond motifs is 1. The van der Waals surface area contributed by atoms with E-state index in [1.807, 2.05) is 0 Å². The molecule has 4 heteroatoms. The van der Waals surface area contributed by atoms with Gasteiger partial charge in [0, 0.05) is 18.1 Å². The number of hydrogen-bond acceptors (Lipinski definition) is 1. The van der Waals surface area contributed by atoms with Crippen molar-refractivity contribution in [2.75, 3.05) is 0 Å². The van der Waals surface area contributed by atoms with Gasteiger partial charge in [0.15, 0.2) is 5.78 Å². The molecule has 2 atom stereocenters. The summed E-state index contributed by atoms with van der Waals surface area (Å²) in [7, 11) is 0. The van der Waals surface area contributed by atoms with Gasteiger partial charge in [-0.1, -0.05) is 0 Å². The van der Waals surface area contributed by atoms with E-state index in [4.69, 9.17) is 0 Å². The molecular formula is C13H11F3O. The van der Waals surface area contributed by atoms with E-state index in [0.717, 1.165) is 19.3 Å². The third-order valence-electron chi connectivity index (χ3n) is 3.87. The van der Waals surface area contributed by atoms with Crippen molar-refractivity contribution < 1.29 is 18.0 Å². The van der Waals surface area contributed by atoms with E-state index in [9.17, 15) is 18.0 Å². The van der Waals surface area contributed by atoms with Gasteiger partial charge < -0.3 is 0 Å². The molecule has 0 amide bonds. The van der Waals surface area contributed by atoms with Crippen molar-refractivity contribution in [1.82, 2.24) is 0 Å². The number of carbonyl (C=O) groups is 1. The molecule has 0 bridgehead atoms. The summed E-state index contributed by atoms with van der Waals surface area (Å²) in [6, 6.07) is 1.12. The van der Waals surface area contributed by atoms with E-state index in [1.54, 1.807) is 0 Å². The fraction of sp³-hybridized carbons (Fsp3) is 0.462. The summed E-state index contributed by atoms with van der Waals surface area (Å²) in [5, 5.41) is 0. The highest BCUT2D eigenvalue weighted by atomic mass is 19.1. The zero-order valence-corrected chi connectivity index (χ0v) is 9.05. The molecule has 0 aliphatic heterocycles. The molecule has 0 N–H and O–H groups in total. The van der Waals surface area contributed by atoms with E-state index < -0.39 is 28.8 Å². The third-order valence-corrected chi connectivity index (χ3v) is 3.87. The van der Waals surface area contributed by atoms with Crippen LogP contribution < -0.4 is 0 Å². The molecule has 2 fully saturated rings. The molecule has 1 aromatic carbocycles. The zero-order valence-electron chi connectivity index (χ0n) is 9.05. The average molecular weight is 240 g/mol. The largest absolute Gasteiger partial charge is 0.294 e. The fourth-order valence-corrected chi connectivity index (χ4v) is 2.91. The molecule has 90 valence electrons. The first-order chi connectivity index (χ1) is 8.06. The van der Waals surface area contributed by atoms with E-state index in [2.05, 4.69) is 0 Å². The van der Waals surface area contributed by atoms with Crippen molar-refractivity contribution in [1.29, 1.82) is 0 Å². The Morgan fingerprint density at radius 1 is 1.00 bits per heavy atom. The maximum Gasteiger partial charge on any atom is 0.171 e. The maximum absolute atomic E-state index is 13.4. The van der Waals surface area contributed by atoms with E-state index in [0.29, 0.717) is 24.0 Å². The number of ketones is 1. The molecule has 1 nitrogen and oxygen atoms in total. The highest BCUT2D eigenvalue weighted by Gasteiger charge is 2.48. The molecule has 3 rings (SSSR count). The summed E-state index contributed by atoms with van der Waals surface area (Å²) in [5.41, 5.74) is -0.572. The summed E-state index contributed by atoms with van der Waals surface area (Å²) in [4.78, 5) is 12.0. The van der Waals surface area contributed by atoms with Gasteiger partial charge in [0.1, 0.15) is 17.5 Å². The van der Waals surface area contributed by atoms with Crippen LogP contribution in [-0.2, 0) is 0 Å². The fourth-order valence-electron chi connectivity index (χ4n) is 2.91. The van der Waals surface area contributed by atoms with E-state index in [1.165, 1.54) is 0 Å². The Morgan fingerprint density at radius 2 is 1.53 bits per heavy atom. The van der Waals surface area contributed by atoms with Crippen molar-refractivity contribution in [3.05, 3.63) is 35.1 Å². The Balaban J connectivity index is 1.90. The van der Waals surface area contributed by atoms with Crippen LogP contribution in [0.3, 0.4) is 0 Å². The summed E-state index contributed by atoms with van der Waals surface area (Å²) < 4.78 is 39.6. The predicted octanol–water partition coefficient (Wildman–Crippen LogP) is 3.33. The standard InChI is InChI=1S/C13H11F3O/c14-9-4-10(15)12(11(16)5-9)13(17)8-2-6-1-7(6)3-8/h4-8H,1-3H2. The van der Waals surface area contributed by atoms with E-state index in [-0.39, 0.29) is 5.92 Å². The molecular weight excluding hydrogens is 229 g/mol. The van der Waals surface area contributed by atoms with Gasteiger partial charge in [-0.2, -0.15) is 0 Å². The van der Waals surface area contributed by atoms with Gasteiger partial charge in [-0.05, 0) is 31.1 Å². The number of carbonyl (C=O) groups excluding carboxylic acids is 1. The number of Topliss-reactive ketones (excluding diaryl/α,β-unsaturated/α-hetero) is 1. The monoisotopic (exact) mass is 240 g/mol. The highest BCUT2D eigenvalue weighted by Crippen LogP contribution is 2.55. The van der Waals surface area contributed by atoms with Crippen LogP contribution in [0.25, 0.3) is 0 Å². The second-order valence-corrected chi connectivity index (χ2v) is 5.03. The molecule has 0 spiro atoms. The Morgan fingerprint density at radius 3 is 2.06 bits per heavy atom. The van der Waals surface area contributed by atoms with E-state index >= 15 is 0 Å². The van der Waals surface area contributed by atoms with Crippen molar-refractivity contribution in [2.24, 2.45) is 17.8 Å². The number of benzene rings is 1. The molecule has 0 saturated heterocycles. The van der Waals surface area contributed by atoms with Gasteiger partial charge in [0.05, 0.1) is 5.56 Å². The van der Waals surface area contributed by atoms with Gasteiger partial charge in [0.2, 0.25) is 0 Å². The Hall–Kier alpha value is -1.32. The number of hydrogen-bond donors (Lipinski definition) is 0. The third kappa shape index (κ3) is 1.75. The number of halogens is 3. The van der Waals surface area contributed by atoms with Crippen LogP contribution in [0.1, 0.15) is 29.6 Å². The Labute approximate surface area is 96.6 Å². The van der Waals surface area contributed by atoms with Gasteiger partial charge in [-0.25, -0.2) is 13.2 Å². The van der Waals surface area contributed by atoms with Crippen LogP contribution in [0, 0.1) is 35.2 Å². The van der Waals surface area contributed by atoms with Crippen molar-refractivity contribution in [2.45, 2.75) is 19.3 Å². The van der Waals surface area contributed by atoms with Crippen LogP contribution in [-0.4, -0.2) is 5.78 Å². The van der Waals surface area contributed by atoms with Crippen LogP contribution in [0.4, 0.5) is 13.2 Å². The molecule has 0 radical (unpaired) electrons. The van der Waals surface area contributed by atoms with Crippen LogP contribution in [0.15, 0.2) is 12.1 Å². The minimum Gasteiger partial charge on any atom is -0.294 e. The van der Waals surface area contributed by atoms with Crippen molar-refractivity contribution in [3.8, 4) is 0 Å². The molecule has 1 aromatic rings. The lowest BCUT2D eigenvalue weighted by molar-refractivity contribution is 0.0905. The first-order valence-electron chi connectivity index (χ1n) is 5.75. The quantitative estimate of drug-likeness (QED) is 0.724. The van der Waals surface area contributed by atoms with Gasteiger partial charge in [0.25, 0.3) is 0 Å². The average Bonchev–Trinajstić information content (AvgIpc) is 2.84. The lowest BCUT2D eigenvalue weighted by atomic mass is 9.92. The second kappa shape index (κ2) is 3.59. The maximum atomic E-state index is 13.4. The van der Waals surface area contributed by atoms with Crippen LogP contribution >= 0.6 is 0 Å². The minimum atomic E-state index is -1.09. The summed E-state index contributed by atoms with van der Waals surface area (Å²) >= 11 is 0. The van der Waals surface area contributed by atoms with Crippen molar-refractivity contribution in [3.63, 3.8) is 0 Å². The zero-order chi connectivity index (χ0) is 12.2. The van der Waals surface area contributed by atoms with Gasteiger partial charge >= 0.3 is 0 Å². The summed E-state index contributed by atoms with van der Waals surface area (Å²) in [6.45, 7) is 0. The minimum absolute atomic E-state index is 0.284.